The number of nitrogens with one attached hydrogen (secondary N) is 1. The van der Waals surface area contributed by atoms with Gasteiger partial charge in [-0.1, -0.05) is 65.7 Å². The number of benzene rings is 3. The number of rotatable bonds is 9. The van der Waals surface area contributed by atoms with Crippen LogP contribution in [0.15, 0.2) is 72.8 Å². The van der Waals surface area contributed by atoms with Crippen molar-refractivity contribution in [1.29, 1.82) is 0 Å². The van der Waals surface area contributed by atoms with Crippen LogP contribution < -0.4 is 10.1 Å². The maximum Gasteiger partial charge on any atom is 0.224 e. The van der Waals surface area contributed by atoms with Crippen LogP contribution in [0.1, 0.15) is 11.4 Å². The Labute approximate surface area is 196 Å². The van der Waals surface area contributed by atoms with Crippen molar-refractivity contribution in [3.63, 3.8) is 0 Å². The fourth-order valence-electron chi connectivity index (χ4n) is 3.57. The molecule has 0 radical (unpaired) electrons. The molecule has 5 nitrogen and oxygen atoms in total. The summed E-state index contributed by atoms with van der Waals surface area (Å²) in [6.07, 6.45) is 0.858. The fourth-order valence-corrected chi connectivity index (χ4v) is 3.96. The van der Waals surface area contributed by atoms with Crippen molar-refractivity contribution in [3.8, 4) is 5.75 Å². The smallest absolute Gasteiger partial charge is 0.224 e. The molecule has 4 aromatic rings. The van der Waals surface area contributed by atoms with Crippen molar-refractivity contribution in [1.82, 2.24) is 14.9 Å². The minimum absolute atomic E-state index is 0.0668. The number of aromatic nitrogens is 2. The van der Waals surface area contributed by atoms with Gasteiger partial charge in [0.25, 0.3) is 0 Å². The first-order valence-corrected chi connectivity index (χ1v) is 11.2. The minimum Gasteiger partial charge on any atom is -0.490 e. The number of hydrogen-bond acceptors (Lipinski definition) is 3. The summed E-state index contributed by atoms with van der Waals surface area (Å²) in [7, 11) is 0. The number of carbonyl (C=O) groups excluding carboxylic acids is 1. The van der Waals surface area contributed by atoms with E-state index in [-0.39, 0.29) is 12.3 Å². The van der Waals surface area contributed by atoms with Gasteiger partial charge in [0.1, 0.15) is 18.2 Å². The summed E-state index contributed by atoms with van der Waals surface area (Å²) in [5, 5.41) is 4.16. The molecule has 0 unspecified atom stereocenters. The number of amides is 1. The number of hydrogen-bond donors (Lipinski definition) is 1. The maximum atomic E-state index is 12.3. The number of halogens is 2. The predicted molar refractivity (Wildman–Crippen MR) is 129 cm³/mol. The van der Waals surface area contributed by atoms with E-state index in [1.807, 2.05) is 60.7 Å². The van der Waals surface area contributed by atoms with E-state index in [2.05, 4.69) is 9.88 Å². The maximum absolute atomic E-state index is 12.3. The van der Waals surface area contributed by atoms with Crippen molar-refractivity contribution < 1.29 is 9.53 Å². The SMILES string of the molecule is O=C(Cc1ccccc1Cl)NCCc1nc2ccccc2n1CCOc1ccccc1Cl. The summed E-state index contributed by atoms with van der Waals surface area (Å²) < 4.78 is 8.00. The van der Waals surface area contributed by atoms with Gasteiger partial charge in [-0.3, -0.25) is 4.79 Å². The third-order valence-electron chi connectivity index (χ3n) is 5.12. The molecule has 0 fully saturated rings. The van der Waals surface area contributed by atoms with Gasteiger partial charge in [-0.05, 0) is 35.9 Å². The van der Waals surface area contributed by atoms with E-state index >= 15 is 0 Å². The molecule has 1 amide bonds. The lowest BCUT2D eigenvalue weighted by Gasteiger charge is -2.12. The molecule has 7 heteroatoms. The average Bonchev–Trinajstić information content (AvgIpc) is 3.14. The highest BCUT2D eigenvalue weighted by atomic mass is 35.5. The summed E-state index contributed by atoms with van der Waals surface area (Å²) >= 11 is 12.3. The first-order chi connectivity index (χ1) is 15.6. The Bertz CT molecular complexity index is 1220. The fraction of sp³-hybridized carbons (Fsp3) is 0.200. The lowest BCUT2D eigenvalue weighted by Crippen LogP contribution is -2.28. The molecule has 0 aliphatic rings. The van der Waals surface area contributed by atoms with Gasteiger partial charge >= 0.3 is 0 Å². The Morgan fingerprint density at radius 3 is 2.47 bits per heavy atom. The summed E-state index contributed by atoms with van der Waals surface area (Å²) in [5.41, 5.74) is 2.77. The van der Waals surface area contributed by atoms with Crippen LogP contribution in [-0.2, 0) is 24.2 Å². The van der Waals surface area contributed by atoms with Crippen molar-refractivity contribution in [3.05, 3.63) is 94.2 Å². The molecule has 4 rings (SSSR count). The predicted octanol–water partition coefficient (Wildman–Crippen LogP) is 5.32. The Hall–Kier alpha value is -3.02. The van der Waals surface area contributed by atoms with E-state index in [0.29, 0.717) is 41.9 Å². The van der Waals surface area contributed by atoms with E-state index in [0.717, 1.165) is 22.4 Å². The molecule has 3 aromatic carbocycles. The molecule has 164 valence electrons. The second-order valence-corrected chi connectivity index (χ2v) is 8.13. The van der Waals surface area contributed by atoms with Crippen molar-refractivity contribution in [2.45, 2.75) is 19.4 Å². The van der Waals surface area contributed by atoms with E-state index < -0.39 is 0 Å². The first kappa shape index (κ1) is 22.2. The largest absolute Gasteiger partial charge is 0.490 e. The number of para-hydroxylation sites is 3. The first-order valence-electron chi connectivity index (χ1n) is 10.4. The van der Waals surface area contributed by atoms with Gasteiger partial charge in [0.2, 0.25) is 5.91 Å². The van der Waals surface area contributed by atoms with Crippen LogP contribution in [0.5, 0.6) is 5.75 Å². The highest BCUT2D eigenvalue weighted by Crippen LogP contribution is 2.23. The third-order valence-corrected chi connectivity index (χ3v) is 5.80. The van der Waals surface area contributed by atoms with Gasteiger partial charge in [-0.2, -0.15) is 0 Å². The highest BCUT2D eigenvalue weighted by Gasteiger charge is 2.12. The van der Waals surface area contributed by atoms with Gasteiger partial charge in [-0.25, -0.2) is 4.98 Å². The third kappa shape index (κ3) is 5.42. The molecule has 32 heavy (non-hydrogen) atoms. The van der Waals surface area contributed by atoms with E-state index in [1.54, 1.807) is 12.1 Å². The van der Waals surface area contributed by atoms with Crippen LogP contribution in [-0.4, -0.2) is 28.6 Å². The van der Waals surface area contributed by atoms with Crippen LogP contribution in [0.4, 0.5) is 0 Å². The molecule has 1 heterocycles. The van der Waals surface area contributed by atoms with E-state index in [9.17, 15) is 4.79 Å². The molecule has 1 N–H and O–H groups in total. The monoisotopic (exact) mass is 467 g/mol. The van der Waals surface area contributed by atoms with Gasteiger partial charge in [0, 0.05) is 18.0 Å². The van der Waals surface area contributed by atoms with Crippen LogP contribution in [0.2, 0.25) is 10.0 Å². The standard InChI is InChI=1S/C25H23Cl2N3O2/c26-19-8-2-1-7-18(19)17-25(31)28-14-13-24-29-21-10-4-5-11-22(21)30(24)15-16-32-23-12-6-3-9-20(23)27/h1-12H,13-17H2,(H,28,31). The normalized spacial score (nSPS) is 10.9. The van der Waals surface area contributed by atoms with Crippen LogP contribution in [0, 0.1) is 0 Å². The zero-order valence-corrected chi connectivity index (χ0v) is 18.9. The summed E-state index contributed by atoms with van der Waals surface area (Å²) in [5.74, 6) is 1.49. The highest BCUT2D eigenvalue weighted by molar-refractivity contribution is 6.32. The topological polar surface area (TPSA) is 56.2 Å². The van der Waals surface area contributed by atoms with E-state index in [4.69, 9.17) is 32.9 Å². The molecule has 0 aliphatic heterocycles. The van der Waals surface area contributed by atoms with Crippen LogP contribution in [0.3, 0.4) is 0 Å². The number of carbonyl (C=O) groups is 1. The zero-order chi connectivity index (χ0) is 22.3. The van der Waals surface area contributed by atoms with Crippen LogP contribution >= 0.6 is 23.2 Å². The molecular formula is C25H23Cl2N3O2. The Balaban J connectivity index is 1.39. The second kappa shape index (κ2) is 10.5. The quantitative estimate of drug-likeness (QED) is 0.362. The number of fused-ring (bicyclic) bond motifs is 1. The van der Waals surface area contributed by atoms with Crippen molar-refractivity contribution in [2.75, 3.05) is 13.2 Å². The number of ether oxygens (including phenoxy) is 1. The average molecular weight is 468 g/mol. The number of nitrogens with zero attached hydrogens (tertiary/aromatic N) is 2. The lowest BCUT2D eigenvalue weighted by atomic mass is 10.1. The summed E-state index contributed by atoms with van der Waals surface area (Å²) in [6, 6.07) is 22.8. The molecule has 0 saturated heterocycles. The second-order valence-electron chi connectivity index (χ2n) is 7.32. The van der Waals surface area contributed by atoms with Crippen molar-refractivity contribution >= 4 is 40.1 Å². The molecule has 0 atom stereocenters. The molecular weight excluding hydrogens is 445 g/mol. The molecule has 0 bridgehead atoms. The van der Waals surface area contributed by atoms with Crippen molar-refractivity contribution in [2.24, 2.45) is 0 Å². The Morgan fingerprint density at radius 1 is 0.938 bits per heavy atom. The Kier molecular flexibility index (Phi) is 7.30. The number of imidazole rings is 1. The van der Waals surface area contributed by atoms with Gasteiger partial charge in [0.15, 0.2) is 0 Å². The minimum atomic E-state index is -0.0668. The van der Waals surface area contributed by atoms with Gasteiger partial charge < -0.3 is 14.6 Å². The summed E-state index contributed by atoms with van der Waals surface area (Å²) in [6.45, 7) is 1.56. The van der Waals surface area contributed by atoms with E-state index in [1.165, 1.54) is 0 Å². The van der Waals surface area contributed by atoms with Crippen LogP contribution in [0.25, 0.3) is 11.0 Å². The van der Waals surface area contributed by atoms with Gasteiger partial charge in [0.05, 0.1) is 29.0 Å². The Morgan fingerprint density at radius 2 is 1.66 bits per heavy atom. The summed E-state index contributed by atoms with van der Waals surface area (Å²) in [4.78, 5) is 17.1. The van der Waals surface area contributed by atoms with Gasteiger partial charge in [-0.15, -0.1) is 0 Å². The lowest BCUT2D eigenvalue weighted by molar-refractivity contribution is -0.120. The molecule has 0 spiro atoms. The molecule has 0 aliphatic carbocycles. The molecule has 1 aromatic heterocycles. The molecule has 0 saturated carbocycles. The zero-order valence-electron chi connectivity index (χ0n) is 17.4.